The van der Waals surface area contributed by atoms with Gasteiger partial charge in [-0.3, -0.25) is 5.41 Å². The summed E-state index contributed by atoms with van der Waals surface area (Å²) in [7, 11) is 0. The zero-order valence-electron chi connectivity index (χ0n) is 11.8. The van der Waals surface area contributed by atoms with Crippen molar-refractivity contribution in [1.29, 1.82) is 5.41 Å². The highest BCUT2D eigenvalue weighted by Gasteiger charge is 2.43. The van der Waals surface area contributed by atoms with Crippen LogP contribution < -0.4 is 5.49 Å². The Hall–Kier alpha value is -1.35. The lowest BCUT2D eigenvalue weighted by atomic mass is 9.68. The Bertz CT molecular complexity index is 796. The number of rotatable bonds is 0. The van der Waals surface area contributed by atoms with Crippen LogP contribution in [0.4, 0.5) is 0 Å². The van der Waals surface area contributed by atoms with E-state index in [1.54, 1.807) is 0 Å². The van der Waals surface area contributed by atoms with E-state index in [1.807, 2.05) is 18.2 Å². The van der Waals surface area contributed by atoms with Gasteiger partial charge in [0.1, 0.15) is 11.3 Å². The Morgan fingerprint density at radius 2 is 1.86 bits per heavy atom. The van der Waals surface area contributed by atoms with Gasteiger partial charge in [-0.15, -0.1) is 0 Å². The molecule has 4 heteroatoms. The van der Waals surface area contributed by atoms with Gasteiger partial charge >= 0.3 is 0 Å². The zero-order valence-corrected chi connectivity index (χ0v) is 12.6. The fraction of sp³-hybridized carbons (Fsp3) is 0.529. The van der Waals surface area contributed by atoms with Crippen LogP contribution in [0.2, 0.25) is 5.02 Å². The Morgan fingerprint density at radius 1 is 1.10 bits per heavy atom. The molecule has 1 aromatic heterocycles. The Morgan fingerprint density at radius 3 is 2.62 bits per heavy atom. The molecule has 21 heavy (non-hydrogen) atoms. The maximum Gasteiger partial charge on any atom is 0.136 e. The first kappa shape index (κ1) is 12.2. The fourth-order valence-electron chi connectivity index (χ4n) is 5.11. The van der Waals surface area contributed by atoms with Gasteiger partial charge in [-0.2, -0.15) is 0 Å². The molecule has 2 unspecified atom stereocenters. The third-order valence-corrected chi connectivity index (χ3v) is 6.02. The molecule has 4 bridgehead atoms. The SMILES string of the molecule is N=c1c2cc(Cl)ccc2nc2n1C1CC3CC(CC2C3)C1. The molecule has 2 atom stereocenters. The quantitative estimate of drug-likeness (QED) is 0.784. The second-order valence-corrected chi connectivity index (χ2v) is 7.55. The summed E-state index contributed by atoms with van der Waals surface area (Å²) in [5, 5.41) is 10.3. The van der Waals surface area contributed by atoms with E-state index in [2.05, 4.69) is 4.57 Å². The number of fused-ring (bicyclic) bond motifs is 1. The third-order valence-electron chi connectivity index (χ3n) is 5.78. The van der Waals surface area contributed by atoms with Gasteiger partial charge in [0.05, 0.1) is 5.52 Å². The van der Waals surface area contributed by atoms with E-state index in [0.717, 1.165) is 22.7 Å². The van der Waals surface area contributed by atoms with Crippen LogP contribution in [0.1, 0.15) is 49.9 Å². The van der Waals surface area contributed by atoms with Gasteiger partial charge in [-0.05, 0) is 62.1 Å². The summed E-state index contributed by atoms with van der Waals surface area (Å²) in [6.07, 6.45) is 6.44. The Balaban J connectivity index is 1.85. The first-order chi connectivity index (χ1) is 10.2. The highest BCUT2D eigenvalue weighted by atomic mass is 35.5. The molecule has 108 valence electrons. The van der Waals surface area contributed by atoms with Crippen LogP contribution in [0.3, 0.4) is 0 Å². The van der Waals surface area contributed by atoms with Gasteiger partial charge in [-0.25, -0.2) is 4.98 Å². The van der Waals surface area contributed by atoms with Crippen molar-refractivity contribution in [2.24, 2.45) is 11.8 Å². The van der Waals surface area contributed by atoms with E-state index in [4.69, 9.17) is 22.0 Å². The van der Waals surface area contributed by atoms with Crippen molar-refractivity contribution >= 4 is 22.5 Å². The summed E-state index contributed by atoms with van der Waals surface area (Å²) in [6.45, 7) is 0. The molecule has 2 fully saturated rings. The van der Waals surface area contributed by atoms with E-state index in [1.165, 1.54) is 37.9 Å². The van der Waals surface area contributed by atoms with Gasteiger partial charge in [0.15, 0.2) is 0 Å². The summed E-state index contributed by atoms with van der Waals surface area (Å²) >= 11 is 6.13. The summed E-state index contributed by atoms with van der Waals surface area (Å²) in [4.78, 5) is 4.96. The van der Waals surface area contributed by atoms with Crippen LogP contribution in [0.25, 0.3) is 10.9 Å². The van der Waals surface area contributed by atoms with Crippen LogP contribution in [0.5, 0.6) is 0 Å². The second-order valence-electron chi connectivity index (χ2n) is 7.11. The van der Waals surface area contributed by atoms with Crippen LogP contribution in [-0.2, 0) is 0 Å². The lowest BCUT2D eigenvalue weighted by Crippen LogP contribution is -2.31. The molecule has 0 amide bonds. The molecule has 3 nitrogen and oxygen atoms in total. The van der Waals surface area contributed by atoms with Crippen molar-refractivity contribution in [3.8, 4) is 0 Å². The molecule has 0 radical (unpaired) electrons. The normalized spacial score (nSPS) is 33.2. The van der Waals surface area contributed by atoms with Gasteiger partial charge in [0.2, 0.25) is 0 Å². The molecule has 2 aliphatic heterocycles. The van der Waals surface area contributed by atoms with Crippen molar-refractivity contribution in [2.45, 2.75) is 44.1 Å². The predicted molar refractivity (Wildman–Crippen MR) is 82.4 cm³/mol. The number of hydrogen-bond acceptors (Lipinski definition) is 2. The van der Waals surface area contributed by atoms with Gasteiger partial charge in [0, 0.05) is 22.4 Å². The van der Waals surface area contributed by atoms with Crippen LogP contribution >= 0.6 is 11.6 Å². The lowest BCUT2D eigenvalue weighted by molar-refractivity contribution is 0.150. The molecular formula is C17H18ClN3. The average Bonchev–Trinajstić information content (AvgIpc) is 2.62. The average molecular weight is 300 g/mol. The third kappa shape index (κ3) is 1.67. The molecule has 2 aliphatic carbocycles. The second kappa shape index (κ2) is 4.10. The molecule has 4 aliphatic rings. The predicted octanol–water partition coefficient (Wildman–Crippen LogP) is 4.02. The van der Waals surface area contributed by atoms with Crippen molar-refractivity contribution in [3.05, 3.63) is 34.5 Å². The summed E-state index contributed by atoms with van der Waals surface area (Å²) in [5.41, 5.74) is 1.55. The van der Waals surface area contributed by atoms with E-state index in [9.17, 15) is 0 Å². The highest BCUT2D eigenvalue weighted by Crippen LogP contribution is 2.52. The van der Waals surface area contributed by atoms with Crippen LogP contribution in [0.15, 0.2) is 18.2 Å². The maximum absolute atomic E-state index is 8.71. The van der Waals surface area contributed by atoms with Gasteiger partial charge in [0.25, 0.3) is 0 Å². The highest BCUT2D eigenvalue weighted by molar-refractivity contribution is 6.31. The van der Waals surface area contributed by atoms with Crippen molar-refractivity contribution in [2.75, 3.05) is 0 Å². The lowest BCUT2D eigenvalue weighted by Gasteiger charge is -2.37. The number of hydrogen-bond donors (Lipinski definition) is 1. The zero-order chi connectivity index (χ0) is 14.1. The van der Waals surface area contributed by atoms with Gasteiger partial charge in [-0.1, -0.05) is 11.6 Å². The minimum atomic E-state index is 0.486. The minimum Gasteiger partial charge on any atom is -0.311 e. The fourth-order valence-corrected chi connectivity index (χ4v) is 5.28. The molecular weight excluding hydrogens is 282 g/mol. The largest absolute Gasteiger partial charge is 0.311 e. The monoisotopic (exact) mass is 299 g/mol. The molecule has 2 saturated carbocycles. The standard InChI is InChI=1S/C17H18ClN3/c18-12-1-2-15-14(8-12)16(19)21-13-6-9-3-10(7-13)5-11(4-9)17(21)20-15/h1-2,8-11,13,19H,3-7H2. The number of nitrogens with one attached hydrogen (secondary N) is 1. The number of nitrogens with zero attached hydrogens (tertiary/aromatic N) is 2. The Labute approximate surface area is 128 Å². The molecule has 0 spiro atoms. The first-order valence-corrected chi connectivity index (χ1v) is 8.33. The topological polar surface area (TPSA) is 41.7 Å². The molecule has 1 N–H and O–H groups in total. The Kier molecular flexibility index (Phi) is 2.38. The number of halogens is 1. The minimum absolute atomic E-state index is 0.486. The summed E-state index contributed by atoms with van der Waals surface area (Å²) < 4.78 is 2.25. The first-order valence-electron chi connectivity index (χ1n) is 7.95. The van der Waals surface area contributed by atoms with Crippen LogP contribution in [0, 0.1) is 17.2 Å². The van der Waals surface area contributed by atoms with E-state index < -0.39 is 0 Å². The smallest absolute Gasteiger partial charge is 0.136 e. The molecule has 1 aromatic carbocycles. The summed E-state index contributed by atoms with van der Waals surface area (Å²) in [5.74, 6) is 3.43. The van der Waals surface area contributed by atoms with E-state index in [-0.39, 0.29) is 0 Å². The molecule has 2 aromatic rings. The van der Waals surface area contributed by atoms with Crippen LogP contribution in [-0.4, -0.2) is 9.55 Å². The van der Waals surface area contributed by atoms with Crippen molar-refractivity contribution in [3.63, 3.8) is 0 Å². The van der Waals surface area contributed by atoms with E-state index >= 15 is 0 Å². The van der Waals surface area contributed by atoms with E-state index in [0.29, 0.717) is 22.5 Å². The maximum atomic E-state index is 8.71. The number of aromatic nitrogens is 2. The van der Waals surface area contributed by atoms with Crippen molar-refractivity contribution in [1.82, 2.24) is 9.55 Å². The van der Waals surface area contributed by atoms with Crippen molar-refractivity contribution < 1.29 is 0 Å². The van der Waals surface area contributed by atoms with Gasteiger partial charge < -0.3 is 4.57 Å². The molecule has 0 saturated heterocycles. The summed E-state index contributed by atoms with van der Waals surface area (Å²) in [6, 6.07) is 6.23. The molecule has 3 heterocycles. The molecule has 6 rings (SSSR count). The number of benzene rings is 1.